The lowest BCUT2D eigenvalue weighted by molar-refractivity contribution is -0.133. The van der Waals surface area contributed by atoms with E-state index in [2.05, 4.69) is 15.9 Å². The SMILES string of the molecule is CCOc1c(Br)cc(C(=O)OCC(=O)N(C)Cc2ccsc2)cc1OC. The summed E-state index contributed by atoms with van der Waals surface area (Å²) in [5.74, 6) is 0.0399. The first-order chi connectivity index (χ1) is 12.5. The number of rotatable bonds is 8. The number of ether oxygens (including phenoxy) is 3. The molecule has 2 rings (SSSR count). The molecule has 0 saturated heterocycles. The summed E-state index contributed by atoms with van der Waals surface area (Å²) in [7, 11) is 3.16. The monoisotopic (exact) mass is 441 g/mol. The van der Waals surface area contributed by atoms with E-state index >= 15 is 0 Å². The number of nitrogens with zero attached hydrogens (tertiary/aromatic N) is 1. The van der Waals surface area contributed by atoms with Crippen LogP contribution in [0.1, 0.15) is 22.8 Å². The van der Waals surface area contributed by atoms with Gasteiger partial charge < -0.3 is 19.1 Å². The van der Waals surface area contributed by atoms with Gasteiger partial charge in [-0.2, -0.15) is 11.3 Å². The summed E-state index contributed by atoms with van der Waals surface area (Å²) in [6.45, 7) is 2.46. The number of benzene rings is 1. The highest BCUT2D eigenvalue weighted by Crippen LogP contribution is 2.36. The van der Waals surface area contributed by atoms with Crippen molar-refractivity contribution >= 4 is 39.1 Å². The lowest BCUT2D eigenvalue weighted by atomic mass is 10.2. The molecule has 1 aromatic carbocycles. The average Bonchev–Trinajstić information content (AvgIpc) is 3.13. The number of thiophene rings is 1. The first kappa shape index (κ1) is 20.3. The van der Waals surface area contributed by atoms with Crippen LogP contribution in [0.25, 0.3) is 0 Å². The summed E-state index contributed by atoms with van der Waals surface area (Å²) in [6, 6.07) is 5.05. The van der Waals surface area contributed by atoms with E-state index in [-0.39, 0.29) is 18.1 Å². The molecule has 0 aliphatic rings. The molecule has 0 unspecified atom stereocenters. The number of carbonyl (C=O) groups is 2. The van der Waals surface area contributed by atoms with Gasteiger partial charge in [0.25, 0.3) is 5.91 Å². The van der Waals surface area contributed by atoms with Crippen molar-refractivity contribution in [2.24, 2.45) is 0 Å². The predicted octanol–water partition coefficient (Wildman–Crippen LogP) is 3.73. The highest BCUT2D eigenvalue weighted by Gasteiger charge is 2.18. The standard InChI is InChI=1S/C18H20BrNO5S/c1-4-24-17-14(19)7-13(8-15(17)23-3)18(22)25-10-16(21)20(2)9-12-5-6-26-11-12/h5-8,11H,4,9-10H2,1-3H3. The van der Waals surface area contributed by atoms with E-state index in [1.807, 2.05) is 23.8 Å². The van der Waals surface area contributed by atoms with Crippen molar-refractivity contribution in [3.63, 3.8) is 0 Å². The zero-order chi connectivity index (χ0) is 19.1. The molecule has 0 bridgehead atoms. The number of hydrogen-bond donors (Lipinski definition) is 0. The number of halogens is 1. The van der Waals surface area contributed by atoms with Crippen LogP contribution in [0.2, 0.25) is 0 Å². The van der Waals surface area contributed by atoms with Crippen LogP contribution in [0.4, 0.5) is 0 Å². The molecule has 2 aromatic rings. The van der Waals surface area contributed by atoms with Crippen molar-refractivity contribution in [1.82, 2.24) is 4.90 Å². The molecule has 0 aliphatic carbocycles. The largest absolute Gasteiger partial charge is 0.493 e. The van der Waals surface area contributed by atoms with Crippen molar-refractivity contribution in [2.45, 2.75) is 13.5 Å². The van der Waals surface area contributed by atoms with Gasteiger partial charge in [0.1, 0.15) is 0 Å². The number of hydrogen-bond acceptors (Lipinski definition) is 6. The predicted molar refractivity (Wildman–Crippen MR) is 103 cm³/mol. The topological polar surface area (TPSA) is 65.1 Å². The second-order valence-corrected chi connectivity index (χ2v) is 7.01. The number of esters is 1. The molecule has 26 heavy (non-hydrogen) atoms. The Labute approximate surface area is 164 Å². The Kier molecular flexibility index (Phi) is 7.47. The normalized spacial score (nSPS) is 10.3. The Morgan fingerprint density at radius 1 is 1.31 bits per heavy atom. The molecular formula is C18H20BrNO5S. The van der Waals surface area contributed by atoms with Crippen LogP contribution in [0, 0.1) is 0 Å². The van der Waals surface area contributed by atoms with Crippen LogP contribution in [0.3, 0.4) is 0 Å². The smallest absolute Gasteiger partial charge is 0.338 e. The van der Waals surface area contributed by atoms with Gasteiger partial charge in [0.05, 0.1) is 23.8 Å². The zero-order valence-corrected chi connectivity index (χ0v) is 17.2. The van der Waals surface area contributed by atoms with E-state index < -0.39 is 5.97 Å². The first-order valence-electron chi connectivity index (χ1n) is 7.88. The zero-order valence-electron chi connectivity index (χ0n) is 14.8. The van der Waals surface area contributed by atoms with Gasteiger partial charge in [-0.15, -0.1) is 0 Å². The summed E-state index contributed by atoms with van der Waals surface area (Å²) in [5, 5.41) is 3.92. The number of methoxy groups -OCH3 is 1. The molecule has 0 fully saturated rings. The Hall–Kier alpha value is -2.06. The maximum Gasteiger partial charge on any atom is 0.338 e. The molecule has 0 radical (unpaired) electrons. The molecule has 0 spiro atoms. The van der Waals surface area contributed by atoms with Gasteiger partial charge in [0, 0.05) is 13.6 Å². The fourth-order valence-electron chi connectivity index (χ4n) is 2.19. The summed E-state index contributed by atoms with van der Waals surface area (Å²) >= 11 is 4.93. The number of carbonyl (C=O) groups excluding carboxylic acids is 2. The Bertz CT molecular complexity index is 763. The molecule has 0 atom stereocenters. The molecule has 0 saturated carbocycles. The second kappa shape index (κ2) is 9.59. The molecule has 140 valence electrons. The second-order valence-electron chi connectivity index (χ2n) is 5.38. The van der Waals surface area contributed by atoms with E-state index in [0.29, 0.717) is 29.1 Å². The van der Waals surface area contributed by atoms with Crippen LogP contribution in [0.15, 0.2) is 33.4 Å². The van der Waals surface area contributed by atoms with Crippen molar-refractivity contribution in [3.8, 4) is 11.5 Å². The van der Waals surface area contributed by atoms with Crippen LogP contribution in [0.5, 0.6) is 11.5 Å². The molecule has 6 nitrogen and oxygen atoms in total. The summed E-state index contributed by atoms with van der Waals surface area (Å²) < 4.78 is 16.5. The van der Waals surface area contributed by atoms with E-state index in [0.717, 1.165) is 5.56 Å². The third kappa shape index (κ3) is 5.22. The first-order valence-corrected chi connectivity index (χ1v) is 9.62. The highest BCUT2D eigenvalue weighted by atomic mass is 79.9. The van der Waals surface area contributed by atoms with E-state index in [1.165, 1.54) is 18.1 Å². The van der Waals surface area contributed by atoms with Crippen LogP contribution >= 0.6 is 27.3 Å². The Balaban J connectivity index is 1.98. The minimum absolute atomic E-state index is 0.269. The van der Waals surface area contributed by atoms with Crippen molar-refractivity contribution in [3.05, 3.63) is 44.6 Å². The van der Waals surface area contributed by atoms with Crippen LogP contribution in [-0.2, 0) is 16.1 Å². The van der Waals surface area contributed by atoms with E-state index in [1.54, 1.807) is 24.5 Å². The lowest BCUT2D eigenvalue weighted by Crippen LogP contribution is -2.30. The minimum Gasteiger partial charge on any atom is -0.493 e. The van der Waals surface area contributed by atoms with Gasteiger partial charge in [-0.05, 0) is 57.4 Å². The third-order valence-electron chi connectivity index (χ3n) is 3.51. The van der Waals surface area contributed by atoms with Crippen LogP contribution in [-0.4, -0.2) is 44.1 Å². The molecule has 8 heteroatoms. The molecule has 0 N–H and O–H groups in total. The molecule has 1 aromatic heterocycles. The highest BCUT2D eigenvalue weighted by molar-refractivity contribution is 9.10. The van der Waals surface area contributed by atoms with Crippen molar-refractivity contribution in [1.29, 1.82) is 0 Å². The van der Waals surface area contributed by atoms with Gasteiger partial charge in [0.15, 0.2) is 18.1 Å². The Morgan fingerprint density at radius 2 is 2.08 bits per heavy atom. The van der Waals surface area contributed by atoms with Crippen molar-refractivity contribution in [2.75, 3.05) is 27.4 Å². The molecule has 1 amide bonds. The minimum atomic E-state index is -0.607. The van der Waals surface area contributed by atoms with Gasteiger partial charge in [-0.25, -0.2) is 4.79 Å². The van der Waals surface area contributed by atoms with Gasteiger partial charge >= 0.3 is 5.97 Å². The fourth-order valence-corrected chi connectivity index (χ4v) is 3.40. The molecule has 0 aliphatic heterocycles. The quantitative estimate of drug-likeness (QED) is 0.583. The maximum atomic E-state index is 12.3. The van der Waals surface area contributed by atoms with Gasteiger partial charge in [0.2, 0.25) is 0 Å². The summed E-state index contributed by atoms with van der Waals surface area (Å²) in [6.07, 6.45) is 0. The molecule has 1 heterocycles. The Morgan fingerprint density at radius 3 is 2.69 bits per heavy atom. The maximum absolute atomic E-state index is 12.3. The van der Waals surface area contributed by atoms with E-state index in [9.17, 15) is 9.59 Å². The fraction of sp³-hybridized carbons (Fsp3) is 0.333. The lowest BCUT2D eigenvalue weighted by Gasteiger charge is -2.17. The van der Waals surface area contributed by atoms with Crippen LogP contribution < -0.4 is 9.47 Å². The van der Waals surface area contributed by atoms with Gasteiger partial charge in [-0.1, -0.05) is 0 Å². The molecular weight excluding hydrogens is 422 g/mol. The van der Waals surface area contributed by atoms with Gasteiger partial charge in [-0.3, -0.25) is 4.79 Å². The third-order valence-corrected chi connectivity index (χ3v) is 4.83. The van der Waals surface area contributed by atoms with E-state index in [4.69, 9.17) is 14.2 Å². The summed E-state index contributed by atoms with van der Waals surface area (Å²) in [5.41, 5.74) is 1.31. The van der Waals surface area contributed by atoms with Crippen molar-refractivity contribution < 1.29 is 23.8 Å². The average molecular weight is 442 g/mol. The summed E-state index contributed by atoms with van der Waals surface area (Å²) in [4.78, 5) is 25.9. The number of amides is 1. The number of likely N-dealkylation sites (N-methyl/N-ethyl adjacent to an activating group) is 1.